The van der Waals surface area contributed by atoms with Gasteiger partial charge in [0.05, 0.1) is 0 Å². The molecule has 1 aliphatic heterocycles. The van der Waals surface area contributed by atoms with Gasteiger partial charge in [-0.2, -0.15) is 0 Å². The number of rotatable bonds is 2. The van der Waals surface area contributed by atoms with Gasteiger partial charge in [-0.05, 0) is 36.6 Å². The van der Waals surface area contributed by atoms with E-state index in [0.29, 0.717) is 16.6 Å². The average Bonchev–Trinajstić information content (AvgIpc) is 2.30. The molecule has 1 N–H and O–H groups in total. The first-order valence-corrected chi connectivity index (χ1v) is 5.76. The van der Waals surface area contributed by atoms with E-state index in [-0.39, 0.29) is 0 Å². The highest BCUT2D eigenvalue weighted by atomic mass is 35.5. The van der Waals surface area contributed by atoms with E-state index < -0.39 is 6.67 Å². The van der Waals surface area contributed by atoms with Gasteiger partial charge < -0.3 is 5.32 Å². The van der Waals surface area contributed by atoms with E-state index in [2.05, 4.69) is 5.32 Å². The maximum absolute atomic E-state index is 12.4. The van der Waals surface area contributed by atoms with E-state index in [9.17, 15) is 4.39 Å². The fourth-order valence-electron chi connectivity index (χ4n) is 2.05. The van der Waals surface area contributed by atoms with Gasteiger partial charge in [-0.15, -0.1) is 0 Å². The van der Waals surface area contributed by atoms with Crippen molar-refractivity contribution in [2.45, 2.75) is 32.0 Å². The van der Waals surface area contributed by atoms with Gasteiger partial charge in [0.2, 0.25) is 0 Å². The second kappa shape index (κ2) is 4.95. The maximum atomic E-state index is 12.4. The number of benzene rings is 1. The Labute approximate surface area is 94.6 Å². The van der Waals surface area contributed by atoms with Gasteiger partial charge in [-0.3, -0.25) is 0 Å². The van der Waals surface area contributed by atoms with Crippen molar-refractivity contribution in [3.05, 3.63) is 34.3 Å². The number of halogens is 2. The van der Waals surface area contributed by atoms with Crippen molar-refractivity contribution >= 4 is 11.6 Å². The Balaban J connectivity index is 2.19. The van der Waals surface area contributed by atoms with Crippen LogP contribution in [0.5, 0.6) is 0 Å². The normalized spacial score (nSPS) is 21.6. The molecule has 15 heavy (non-hydrogen) atoms. The minimum absolute atomic E-state index is 0.347. The molecule has 3 heteroatoms. The third kappa shape index (κ3) is 2.50. The third-order valence-corrected chi connectivity index (χ3v) is 3.23. The number of hydrogen-bond donors (Lipinski definition) is 1. The summed E-state index contributed by atoms with van der Waals surface area (Å²) in [5.41, 5.74) is 1.76. The van der Waals surface area contributed by atoms with E-state index in [0.717, 1.165) is 18.5 Å². The van der Waals surface area contributed by atoms with Crippen molar-refractivity contribution in [3.8, 4) is 0 Å². The summed E-state index contributed by atoms with van der Waals surface area (Å²) < 4.78 is 12.4. The molecular formula is C12H15ClFN. The van der Waals surface area contributed by atoms with Crippen LogP contribution in [0.3, 0.4) is 0 Å². The van der Waals surface area contributed by atoms with Gasteiger partial charge >= 0.3 is 0 Å². The molecule has 0 aromatic heterocycles. The fourth-order valence-corrected chi connectivity index (χ4v) is 2.39. The standard InChI is InChI=1S/C12H15ClFN/c13-11-7-9(8-14)4-5-10(11)12-3-1-2-6-15-12/h4-5,7,12,15H,1-3,6,8H2. The molecule has 0 saturated carbocycles. The quantitative estimate of drug-likeness (QED) is 0.814. The number of nitrogens with one attached hydrogen (secondary N) is 1. The topological polar surface area (TPSA) is 12.0 Å². The Morgan fingerprint density at radius 3 is 2.87 bits per heavy atom. The lowest BCUT2D eigenvalue weighted by Crippen LogP contribution is -2.26. The van der Waals surface area contributed by atoms with Crippen LogP contribution in [-0.4, -0.2) is 6.54 Å². The SMILES string of the molecule is FCc1ccc(C2CCCCN2)c(Cl)c1. The predicted octanol–water partition coefficient (Wildman–Crippen LogP) is 3.62. The highest BCUT2D eigenvalue weighted by molar-refractivity contribution is 6.31. The highest BCUT2D eigenvalue weighted by Crippen LogP contribution is 2.29. The molecular weight excluding hydrogens is 213 g/mol. The molecule has 1 atom stereocenters. The summed E-state index contributed by atoms with van der Waals surface area (Å²) in [6.07, 6.45) is 3.59. The molecule has 1 aliphatic rings. The Kier molecular flexibility index (Phi) is 3.60. The van der Waals surface area contributed by atoms with Crippen LogP contribution in [-0.2, 0) is 6.67 Å². The molecule has 2 rings (SSSR count). The van der Waals surface area contributed by atoms with Crippen LogP contribution in [0.1, 0.15) is 36.4 Å². The molecule has 1 heterocycles. The molecule has 82 valence electrons. The van der Waals surface area contributed by atoms with E-state index >= 15 is 0 Å². The zero-order valence-electron chi connectivity index (χ0n) is 8.60. The Hall–Kier alpha value is -0.600. The largest absolute Gasteiger partial charge is 0.310 e. The molecule has 0 aliphatic carbocycles. The van der Waals surface area contributed by atoms with E-state index in [1.165, 1.54) is 12.8 Å². The molecule has 1 aromatic carbocycles. The zero-order valence-corrected chi connectivity index (χ0v) is 9.36. The van der Waals surface area contributed by atoms with E-state index in [1.807, 2.05) is 12.1 Å². The van der Waals surface area contributed by atoms with Crippen LogP contribution in [0, 0.1) is 0 Å². The van der Waals surface area contributed by atoms with Gasteiger partial charge in [0.25, 0.3) is 0 Å². The molecule has 0 amide bonds. The molecule has 1 fully saturated rings. The molecule has 1 saturated heterocycles. The lowest BCUT2D eigenvalue weighted by Gasteiger charge is -2.24. The van der Waals surface area contributed by atoms with Gasteiger partial charge in [-0.25, -0.2) is 4.39 Å². The van der Waals surface area contributed by atoms with Crippen LogP contribution >= 0.6 is 11.6 Å². The summed E-state index contributed by atoms with van der Waals surface area (Å²) in [6.45, 7) is 0.601. The summed E-state index contributed by atoms with van der Waals surface area (Å²) in [6, 6.07) is 5.84. The first-order valence-electron chi connectivity index (χ1n) is 5.39. The van der Waals surface area contributed by atoms with Crippen LogP contribution in [0.15, 0.2) is 18.2 Å². The molecule has 1 unspecified atom stereocenters. The first-order chi connectivity index (χ1) is 7.31. The zero-order chi connectivity index (χ0) is 10.7. The van der Waals surface area contributed by atoms with Gasteiger partial charge in [0.1, 0.15) is 6.67 Å². The summed E-state index contributed by atoms with van der Waals surface area (Å²) >= 11 is 6.13. The fraction of sp³-hybridized carbons (Fsp3) is 0.500. The summed E-state index contributed by atoms with van der Waals surface area (Å²) in [5, 5.41) is 4.12. The van der Waals surface area contributed by atoms with Crippen molar-refractivity contribution in [1.82, 2.24) is 5.32 Å². The lowest BCUT2D eigenvalue weighted by atomic mass is 9.97. The van der Waals surface area contributed by atoms with Crippen LogP contribution in [0.4, 0.5) is 4.39 Å². The van der Waals surface area contributed by atoms with Crippen LogP contribution in [0.25, 0.3) is 0 Å². The van der Waals surface area contributed by atoms with Gasteiger partial charge in [0, 0.05) is 11.1 Å². The predicted molar refractivity (Wildman–Crippen MR) is 60.9 cm³/mol. The maximum Gasteiger partial charge on any atom is 0.115 e. The molecule has 0 bridgehead atoms. The monoisotopic (exact) mass is 227 g/mol. The van der Waals surface area contributed by atoms with Crippen molar-refractivity contribution in [2.75, 3.05) is 6.54 Å². The third-order valence-electron chi connectivity index (χ3n) is 2.90. The second-order valence-corrected chi connectivity index (χ2v) is 4.40. The first kappa shape index (κ1) is 10.9. The Bertz CT molecular complexity index is 334. The number of piperidine rings is 1. The number of hydrogen-bond acceptors (Lipinski definition) is 1. The van der Waals surface area contributed by atoms with Crippen molar-refractivity contribution in [1.29, 1.82) is 0 Å². The van der Waals surface area contributed by atoms with Crippen LogP contribution < -0.4 is 5.32 Å². The highest BCUT2D eigenvalue weighted by Gasteiger charge is 2.17. The number of alkyl halides is 1. The summed E-state index contributed by atoms with van der Waals surface area (Å²) in [5.74, 6) is 0. The molecule has 0 spiro atoms. The molecule has 0 radical (unpaired) electrons. The minimum atomic E-state index is -0.446. The Morgan fingerprint density at radius 2 is 2.27 bits per heavy atom. The average molecular weight is 228 g/mol. The molecule has 1 nitrogen and oxygen atoms in total. The van der Waals surface area contributed by atoms with Crippen molar-refractivity contribution < 1.29 is 4.39 Å². The minimum Gasteiger partial charge on any atom is -0.310 e. The van der Waals surface area contributed by atoms with Crippen molar-refractivity contribution in [2.24, 2.45) is 0 Å². The summed E-state index contributed by atoms with van der Waals surface area (Å²) in [7, 11) is 0. The van der Waals surface area contributed by atoms with Gasteiger partial charge in [-0.1, -0.05) is 30.2 Å². The van der Waals surface area contributed by atoms with E-state index in [1.54, 1.807) is 6.07 Å². The van der Waals surface area contributed by atoms with Crippen molar-refractivity contribution in [3.63, 3.8) is 0 Å². The van der Waals surface area contributed by atoms with E-state index in [4.69, 9.17) is 11.6 Å². The summed E-state index contributed by atoms with van der Waals surface area (Å²) in [4.78, 5) is 0. The Morgan fingerprint density at radius 1 is 1.40 bits per heavy atom. The second-order valence-electron chi connectivity index (χ2n) is 3.99. The smallest absolute Gasteiger partial charge is 0.115 e. The van der Waals surface area contributed by atoms with Gasteiger partial charge in [0.15, 0.2) is 0 Å². The lowest BCUT2D eigenvalue weighted by molar-refractivity contribution is 0.412. The molecule has 1 aromatic rings. The van der Waals surface area contributed by atoms with Crippen LogP contribution in [0.2, 0.25) is 5.02 Å².